The normalized spacial score (nSPS) is 12.6. The Kier molecular flexibility index (Phi) is 30.8. The van der Waals surface area contributed by atoms with Gasteiger partial charge in [0.05, 0.1) is 4.92 Å². The Hall–Kier alpha value is -3.15. The van der Waals surface area contributed by atoms with Crippen molar-refractivity contribution in [2.24, 2.45) is 0 Å². The number of nitrogens with zero attached hydrogens (tertiary/aromatic N) is 1. The van der Waals surface area contributed by atoms with Crippen LogP contribution in [0.5, 0.6) is 0 Å². The molecule has 1 rings (SSSR count). The molecule has 0 aliphatic carbocycles. The number of ether oxygens (including phenoxy) is 1. The van der Waals surface area contributed by atoms with Gasteiger partial charge in [-0.25, -0.2) is 4.79 Å². The van der Waals surface area contributed by atoms with E-state index in [1.54, 1.807) is 12.1 Å². The minimum absolute atomic E-state index is 0.146. The summed E-state index contributed by atoms with van der Waals surface area (Å²) in [4.78, 5) is 21.6. The summed E-state index contributed by atoms with van der Waals surface area (Å²) < 4.78 is 5.20. The monoisotopic (exact) mass is 694 g/mol. The highest BCUT2D eigenvalue weighted by Crippen LogP contribution is 2.18. The van der Waals surface area contributed by atoms with Crippen molar-refractivity contribution in [2.75, 3.05) is 0 Å². The third-order valence-electron chi connectivity index (χ3n) is 9.23. The Morgan fingerprint density at radius 1 is 0.620 bits per heavy atom. The second-order valence-corrected chi connectivity index (χ2v) is 13.8. The average molecular weight is 694 g/mol. The Balaban J connectivity index is 1.92. The highest BCUT2D eigenvalue weighted by Gasteiger charge is 2.13. The fourth-order valence-corrected chi connectivity index (χ4v) is 6.17. The molecule has 1 aromatic rings. The lowest BCUT2D eigenvalue weighted by Gasteiger charge is -2.15. The summed E-state index contributed by atoms with van der Waals surface area (Å²) in [6.45, 7) is 2.25. The SMILES string of the molecule is CCCCC/C=C\C/C=C\CCCCCCCCC(CCCCCCCC/C=C\C/C=C\CCCCCc1ccc([N+](=O)[O-])cc1)OC(=O)O. The van der Waals surface area contributed by atoms with Crippen LogP contribution >= 0.6 is 0 Å². The molecule has 282 valence electrons. The van der Waals surface area contributed by atoms with Crippen molar-refractivity contribution in [3.05, 3.63) is 88.6 Å². The maximum atomic E-state index is 11.2. The van der Waals surface area contributed by atoms with Gasteiger partial charge >= 0.3 is 6.16 Å². The van der Waals surface area contributed by atoms with E-state index in [0.29, 0.717) is 0 Å². The van der Waals surface area contributed by atoms with Crippen molar-refractivity contribution < 1.29 is 19.6 Å². The molecule has 1 N–H and O–H groups in total. The van der Waals surface area contributed by atoms with Gasteiger partial charge in [-0.3, -0.25) is 10.1 Å². The summed E-state index contributed by atoms with van der Waals surface area (Å²) in [5, 5.41) is 19.9. The van der Waals surface area contributed by atoms with E-state index in [1.807, 2.05) is 12.1 Å². The van der Waals surface area contributed by atoms with Gasteiger partial charge in [0.15, 0.2) is 0 Å². The molecule has 0 aliphatic heterocycles. The standard InChI is InChI=1S/C44H71NO5/c1-2-3-4-5-6-7-8-9-10-14-17-20-23-26-29-32-35-43(50-44(46)47)36-33-30-27-24-21-18-15-12-11-13-16-19-22-25-28-31-34-41-37-39-42(40-38-41)45(48)49/h6-7,9-12,16,19,37-40,43H,2-5,8,13-15,17-18,20-36H2,1H3,(H,46,47)/b7-6-,10-9-,12-11-,19-16-. The van der Waals surface area contributed by atoms with Gasteiger partial charge in [0.25, 0.3) is 5.69 Å². The number of hydrogen-bond acceptors (Lipinski definition) is 4. The number of unbranched alkanes of at least 4 members (excludes halogenated alkanes) is 18. The second-order valence-electron chi connectivity index (χ2n) is 13.8. The molecular weight excluding hydrogens is 622 g/mol. The topological polar surface area (TPSA) is 89.7 Å². The number of rotatable bonds is 34. The van der Waals surface area contributed by atoms with E-state index in [2.05, 4.69) is 55.5 Å². The Morgan fingerprint density at radius 2 is 1.02 bits per heavy atom. The Labute approximate surface area is 305 Å². The molecule has 0 saturated heterocycles. The molecule has 6 heteroatoms. The van der Waals surface area contributed by atoms with Crippen LogP contribution in [0, 0.1) is 10.1 Å². The zero-order valence-electron chi connectivity index (χ0n) is 31.6. The summed E-state index contributed by atoms with van der Waals surface area (Å²) in [6.07, 6.45) is 48.2. The molecule has 0 heterocycles. The lowest BCUT2D eigenvalue weighted by molar-refractivity contribution is -0.384. The molecule has 1 aromatic carbocycles. The molecule has 50 heavy (non-hydrogen) atoms. The van der Waals surface area contributed by atoms with Gasteiger partial charge in [-0.1, -0.05) is 138 Å². The van der Waals surface area contributed by atoms with Crippen molar-refractivity contribution in [1.82, 2.24) is 0 Å². The lowest BCUT2D eigenvalue weighted by Crippen LogP contribution is -2.16. The molecule has 0 amide bonds. The summed E-state index contributed by atoms with van der Waals surface area (Å²) in [5.74, 6) is 0. The number of aryl methyl sites for hydroxylation is 1. The van der Waals surface area contributed by atoms with E-state index in [4.69, 9.17) is 9.84 Å². The first kappa shape index (κ1) is 44.9. The number of non-ortho nitro benzene ring substituents is 1. The van der Waals surface area contributed by atoms with Crippen LogP contribution in [-0.2, 0) is 11.2 Å². The third-order valence-corrected chi connectivity index (χ3v) is 9.23. The van der Waals surface area contributed by atoms with Crippen LogP contribution in [0.1, 0.15) is 179 Å². The molecular formula is C44H71NO5. The first-order valence-corrected chi connectivity index (χ1v) is 20.3. The van der Waals surface area contributed by atoms with Gasteiger partial charge in [0.1, 0.15) is 6.10 Å². The van der Waals surface area contributed by atoms with Crippen LogP contribution in [0.4, 0.5) is 10.5 Å². The predicted octanol–water partition coefficient (Wildman–Crippen LogP) is 14.6. The number of allylic oxidation sites excluding steroid dienone is 8. The second kappa shape index (κ2) is 34.3. The van der Waals surface area contributed by atoms with E-state index in [9.17, 15) is 14.9 Å². The van der Waals surface area contributed by atoms with E-state index >= 15 is 0 Å². The van der Waals surface area contributed by atoms with Gasteiger partial charge in [0.2, 0.25) is 0 Å². The molecule has 1 atom stereocenters. The van der Waals surface area contributed by atoms with Crippen LogP contribution < -0.4 is 0 Å². The number of carbonyl (C=O) groups is 1. The summed E-state index contributed by atoms with van der Waals surface area (Å²) >= 11 is 0. The number of nitro groups is 1. The summed E-state index contributed by atoms with van der Waals surface area (Å²) in [7, 11) is 0. The first-order valence-electron chi connectivity index (χ1n) is 20.3. The highest BCUT2D eigenvalue weighted by molar-refractivity contribution is 5.57. The van der Waals surface area contributed by atoms with Crippen molar-refractivity contribution >= 4 is 11.8 Å². The number of hydrogen-bond donors (Lipinski definition) is 1. The fraction of sp³-hybridized carbons (Fsp3) is 0.659. The summed E-state index contributed by atoms with van der Waals surface area (Å²) in [5.41, 5.74) is 1.32. The quantitative estimate of drug-likeness (QED) is 0.0255. The van der Waals surface area contributed by atoms with Crippen molar-refractivity contribution in [3.63, 3.8) is 0 Å². The summed E-state index contributed by atoms with van der Waals surface area (Å²) in [6, 6.07) is 6.90. The molecule has 1 unspecified atom stereocenters. The largest absolute Gasteiger partial charge is 0.506 e. The van der Waals surface area contributed by atoms with E-state index < -0.39 is 6.16 Å². The van der Waals surface area contributed by atoms with Crippen LogP contribution in [-0.4, -0.2) is 22.3 Å². The molecule has 0 saturated carbocycles. The number of benzene rings is 1. The van der Waals surface area contributed by atoms with E-state index in [0.717, 1.165) is 77.0 Å². The molecule has 6 nitrogen and oxygen atoms in total. The van der Waals surface area contributed by atoms with Crippen molar-refractivity contribution in [2.45, 2.75) is 186 Å². The first-order chi connectivity index (χ1) is 24.5. The smallest absolute Gasteiger partial charge is 0.450 e. The molecule has 0 spiro atoms. The van der Waals surface area contributed by atoms with Crippen LogP contribution in [0.15, 0.2) is 72.9 Å². The van der Waals surface area contributed by atoms with Crippen molar-refractivity contribution in [1.29, 1.82) is 0 Å². The molecule has 0 aliphatic rings. The van der Waals surface area contributed by atoms with Crippen LogP contribution in [0.2, 0.25) is 0 Å². The molecule has 0 radical (unpaired) electrons. The molecule has 0 aromatic heterocycles. The zero-order valence-corrected chi connectivity index (χ0v) is 31.6. The Bertz CT molecular complexity index is 1060. The minimum atomic E-state index is -1.13. The van der Waals surface area contributed by atoms with Gasteiger partial charge in [-0.05, 0) is 108 Å². The third kappa shape index (κ3) is 29.7. The maximum absolute atomic E-state index is 11.2. The Morgan fingerprint density at radius 3 is 1.44 bits per heavy atom. The van der Waals surface area contributed by atoms with Gasteiger partial charge in [-0.15, -0.1) is 0 Å². The van der Waals surface area contributed by atoms with Gasteiger partial charge in [-0.2, -0.15) is 0 Å². The molecule has 0 bridgehead atoms. The zero-order chi connectivity index (χ0) is 36.2. The number of carboxylic acid groups (broad SMARTS) is 1. The van der Waals surface area contributed by atoms with Crippen LogP contribution in [0.3, 0.4) is 0 Å². The van der Waals surface area contributed by atoms with Crippen molar-refractivity contribution in [3.8, 4) is 0 Å². The average Bonchev–Trinajstić information content (AvgIpc) is 3.10. The highest BCUT2D eigenvalue weighted by atomic mass is 16.7. The maximum Gasteiger partial charge on any atom is 0.506 e. The fourth-order valence-electron chi connectivity index (χ4n) is 6.17. The predicted molar refractivity (Wildman–Crippen MR) is 212 cm³/mol. The van der Waals surface area contributed by atoms with Gasteiger partial charge < -0.3 is 9.84 Å². The van der Waals surface area contributed by atoms with E-state index in [1.165, 1.54) is 102 Å². The molecule has 0 fully saturated rings. The lowest BCUT2D eigenvalue weighted by atomic mass is 10.0. The van der Waals surface area contributed by atoms with Crippen LogP contribution in [0.25, 0.3) is 0 Å². The number of nitro benzene ring substituents is 1. The minimum Gasteiger partial charge on any atom is -0.450 e. The van der Waals surface area contributed by atoms with E-state index in [-0.39, 0.29) is 16.7 Å². The van der Waals surface area contributed by atoms with Gasteiger partial charge in [0, 0.05) is 12.1 Å².